The zero-order chi connectivity index (χ0) is 25.2. The number of hydrogen-bond acceptors (Lipinski definition) is 6. The van der Waals surface area contributed by atoms with Crippen molar-refractivity contribution in [3.8, 4) is 17.2 Å². The van der Waals surface area contributed by atoms with Crippen LogP contribution in [0.3, 0.4) is 0 Å². The van der Waals surface area contributed by atoms with Crippen LogP contribution in [0.1, 0.15) is 42.7 Å². The van der Waals surface area contributed by atoms with E-state index in [9.17, 15) is 19.5 Å². The van der Waals surface area contributed by atoms with Gasteiger partial charge in [-0.15, -0.1) is 0 Å². The highest BCUT2D eigenvalue weighted by molar-refractivity contribution is 5.89. The Kier molecular flexibility index (Phi) is 9.21. The van der Waals surface area contributed by atoms with Gasteiger partial charge in [0.2, 0.25) is 5.91 Å². The summed E-state index contributed by atoms with van der Waals surface area (Å²) in [4.78, 5) is 36.8. The van der Waals surface area contributed by atoms with Gasteiger partial charge < -0.3 is 25.2 Å². The van der Waals surface area contributed by atoms with Crippen molar-refractivity contribution in [2.75, 3.05) is 20.3 Å². The van der Waals surface area contributed by atoms with Crippen molar-refractivity contribution in [2.45, 2.75) is 43.7 Å². The van der Waals surface area contributed by atoms with E-state index in [1.165, 1.54) is 7.11 Å². The Labute approximate surface area is 204 Å². The quantitative estimate of drug-likeness (QED) is 0.398. The highest BCUT2D eigenvalue weighted by Crippen LogP contribution is 2.44. The fourth-order valence-corrected chi connectivity index (χ4v) is 4.22. The second kappa shape index (κ2) is 12.5. The first-order chi connectivity index (χ1) is 17.0. The molecule has 3 rings (SSSR count). The third kappa shape index (κ3) is 6.58. The molecule has 2 aromatic carbocycles. The average Bonchev–Trinajstić information content (AvgIpc) is 3.18. The number of nitriles is 1. The van der Waals surface area contributed by atoms with Crippen LogP contribution in [0, 0.1) is 11.3 Å². The summed E-state index contributed by atoms with van der Waals surface area (Å²) in [6.07, 6.45) is 0.827. The number of unbranched alkanes of at least 4 members (excludes halogenated alkanes) is 2. The monoisotopic (exact) mass is 479 g/mol. The molecule has 0 aromatic heterocycles. The van der Waals surface area contributed by atoms with Gasteiger partial charge in [0.1, 0.15) is 12.6 Å². The summed E-state index contributed by atoms with van der Waals surface area (Å²) in [5.74, 6) is -2.03. The molecule has 0 aliphatic heterocycles. The Hall–Kier alpha value is -3.90. The van der Waals surface area contributed by atoms with Gasteiger partial charge >= 0.3 is 12.1 Å². The van der Waals surface area contributed by atoms with E-state index in [1.807, 2.05) is 54.6 Å². The molecule has 1 unspecified atom stereocenters. The molecular formula is C26H29N3O6. The molecule has 1 aliphatic rings. The number of nitrogens with one attached hydrogen (secondary N) is 2. The topological polar surface area (TPSA) is 138 Å². The minimum absolute atomic E-state index is 0.0874. The van der Waals surface area contributed by atoms with Crippen molar-refractivity contribution in [2.24, 2.45) is 0 Å². The minimum atomic E-state index is -1.25. The van der Waals surface area contributed by atoms with E-state index in [1.54, 1.807) is 0 Å². The highest BCUT2D eigenvalue weighted by Gasteiger charge is 2.30. The van der Waals surface area contributed by atoms with Gasteiger partial charge in [-0.2, -0.15) is 5.26 Å². The van der Waals surface area contributed by atoms with Crippen LogP contribution < -0.4 is 10.6 Å². The maximum Gasteiger partial charge on any atom is 0.407 e. The number of carbonyl (C=O) groups is 3. The molecule has 184 valence electrons. The third-order valence-corrected chi connectivity index (χ3v) is 5.93. The number of carboxylic acid groups (broad SMARTS) is 1. The van der Waals surface area contributed by atoms with Crippen molar-refractivity contribution in [3.63, 3.8) is 0 Å². The fourth-order valence-electron chi connectivity index (χ4n) is 4.22. The van der Waals surface area contributed by atoms with Gasteiger partial charge in [-0.05, 0) is 41.5 Å². The SMILES string of the molecule is COC[C@H](NC(=O)C(CCCCC#N)NC(=O)OCC1c2ccccc2-c2ccccc21)C(=O)O. The first kappa shape index (κ1) is 25.7. The van der Waals surface area contributed by atoms with Crippen LogP contribution in [-0.2, 0) is 19.1 Å². The summed E-state index contributed by atoms with van der Waals surface area (Å²) in [6.45, 7) is -0.128. The van der Waals surface area contributed by atoms with E-state index in [0.717, 1.165) is 22.3 Å². The molecule has 0 heterocycles. The molecule has 0 radical (unpaired) electrons. The zero-order valence-corrected chi connectivity index (χ0v) is 19.5. The molecule has 1 aliphatic carbocycles. The molecule has 0 saturated heterocycles. The summed E-state index contributed by atoms with van der Waals surface area (Å²) in [6, 6.07) is 15.7. The number of benzene rings is 2. The lowest BCUT2D eigenvalue weighted by atomic mass is 9.98. The molecule has 0 saturated carbocycles. The van der Waals surface area contributed by atoms with Crippen molar-refractivity contribution in [3.05, 3.63) is 59.7 Å². The van der Waals surface area contributed by atoms with Crippen molar-refractivity contribution < 1.29 is 29.0 Å². The molecule has 0 bridgehead atoms. The molecule has 9 heteroatoms. The predicted molar refractivity (Wildman–Crippen MR) is 128 cm³/mol. The van der Waals surface area contributed by atoms with E-state index in [-0.39, 0.29) is 25.6 Å². The number of rotatable bonds is 12. The Bertz CT molecular complexity index is 1050. The zero-order valence-electron chi connectivity index (χ0n) is 19.5. The lowest BCUT2D eigenvalue weighted by Crippen LogP contribution is -2.53. The molecule has 35 heavy (non-hydrogen) atoms. The predicted octanol–water partition coefficient (Wildman–Crippen LogP) is 3.19. The minimum Gasteiger partial charge on any atom is -0.480 e. The number of nitrogens with zero attached hydrogens (tertiary/aromatic N) is 1. The van der Waals surface area contributed by atoms with Gasteiger partial charge in [-0.1, -0.05) is 48.5 Å². The molecule has 2 atom stereocenters. The number of methoxy groups -OCH3 is 1. The van der Waals surface area contributed by atoms with E-state index in [2.05, 4.69) is 10.6 Å². The number of carboxylic acids is 1. The summed E-state index contributed by atoms with van der Waals surface area (Å²) in [5.41, 5.74) is 4.33. The second-order valence-electron chi connectivity index (χ2n) is 8.28. The Balaban J connectivity index is 1.65. The van der Waals surface area contributed by atoms with Crippen LogP contribution in [0.5, 0.6) is 0 Å². The number of fused-ring (bicyclic) bond motifs is 3. The van der Waals surface area contributed by atoms with E-state index in [0.29, 0.717) is 19.3 Å². The van der Waals surface area contributed by atoms with Gasteiger partial charge in [0.15, 0.2) is 6.04 Å². The van der Waals surface area contributed by atoms with E-state index < -0.39 is 30.1 Å². The normalized spacial score (nSPS) is 13.6. The third-order valence-electron chi connectivity index (χ3n) is 5.93. The van der Waals surface area contributed by atoms with Gasteiger partial charge in [-0.3, -0.25) is 4.79 Å². The largest absolute Gasteiger partial charge is 0.480 e. The van der Waals surface area contributed by atoms with Crippen LogP contribution in [0.15, 0.2) is 48.5 Å². The van der Waals surface area contributed by atoms with Gasteiger partial charge in [0, 0.05) is 19.4 Å². The van der Waals surface area contributed by atoms with E-state index >= 15 is 0 Å². The number of hydrogen-bond donors (Lipinski definition) is 3. The first-order valence-corrected chi connectivity index (χ1v) is 11.5. The first-order valence-electron chi connectivity index (χ1n) is 11.5. The maximum absolute atomic E-state index is 12.8. The highest BCUT2D eigenvalue weighted by atomic mass is 16.5. The number of aliphatic carboxylic acids is 1. The summed E-state index contributed by atoms with van der Waals surface area (Å²) in [7, 11) is 1.33. The second-order valence-corrected chi connectivity index (χ2v) is 8.28. The van der Waals surface area contributed by atoms with Crippen LogP contribution in [0.25, 0.3) is 11.1 Å². The molecule has 0 spiro atoms. The molecule has 0 fully saturated rings. The Morgan fingerprint density at radius 3 is 2.20 bits per heavy atom. The Morgan fingerprint density at radius 1 is 1.00 bits per heavy atom. The number of ether oxygens (including phenoxy) is 2. The number of amides is 2. The van der Waals surface area contributed by atoms with Crippen LogP contribution >= 0.6 is 0 Å². The molecule has 3 N–H and O–H groups in total. The standard InChI is InChI=1S/C26H29N3O6/c1-34-16-23(25(31)32)28-24(30)22(13-3-2-8-14-27)29-26(33)35-15-21-19-11-6-4-9-17(19)18-10-5-7-12-20(18)21/h4-7,9-12,21-23H,2-3,8,13,15-16H2,1H3,(H,28,30)(H,29,33)(H,31,32)/t22?,23-/m0/s1. The van der Waals surface area contributed by atoms with Crippen LogP contribution in [-0.4, -0.2) is 55.5 Å². The summed E-state index contributed by atoms with van der Waals surface area (Å²) in [5, 5.41) is 23.0. The fraction of sp³-hybridized carbons (Fsp3) is 0.385. The van der Waals surface area contributed by atoms with E-state index in [4.69, 9.17) is 14.7 Å². The molecular weight excluding hydrogens is 450 g/mol. The van der Waals surface area contributed by atoms with Gasteiger partial charge in [-0.25, -0.2) is 9.59 Å². The number of carbonyl (C=O) groups excluding carboxylic acids is 2. The number of alkyl carbamates (subject to hydrolysis) is 1. The average molecular weight is 480 g/mol. The van der Waals surface area contributed by atoms with Gasteiger partial charge in [0.25, 0.3) is 0 Å². The van der Waals surface area contributed by atoms with Gasteiger partial charge in [0.05, 0.1) is 12.7 Å². The smallest absolute Gasteiger partial charge is 0.407 e. The van der Waals surface area contributed by atoms with Crippen LogP contribution in [0.4, 0.5) is 4.79 Å². The summed E-state index contributed by atoms with van der Waals surface area (Å²) < 4.78 is 10.4. The molecule has 2 aromatic rings. The lowest BCUT2D eigenvalue weighted by Gasteiger charge is -2.21. The van der Waals surface area contributed by atoms with Crippen molar-refractivity contribution >= 4 is 18.0 Å². The maximum atomic E-state index is 12.8. The van der Waals surface area contributed by atoms with Crippen LogP contribution in [0.2, 0.25) is 0 Å². The molecule has 2 amide bonds. The van der Waals surface area contributed by atoms with Crippen molar-refractivity contribution in [1.29, 1.82) is 5.26 Å². The lowest BCUT2D eigenvalue weighted by molar-refractivity contribution is -0.143. The Morgan fingerprint density at radius 2 is 1.63 bits per heavy atom. The molecule has 9 nitrogen and oxygen atoms in total. The summed E-state index contributed by atoms with van der Waals surface area (Å²) >= 11 is 0. The van der Waals surface area contributed by atoms with Crippen molar-refractivity contribution in [1.82, 2.24) is 10.6 Å².